The molecule has 0 aliphatic heterocycles. The molecule has 0 radical (unpaired) electrons. The van der Waals surface area contributed by atoms with Gasteiger partial charge in [-0.15, -0.1) is 10.2 Å². The van der Waals surface area contributed by atoms with Crippen LogP contribution in [0.2, 0.25) is 0 Å². The van der Waals surface area contributed by atoms with E-state index in [-0.39, 0.29) is 5.69 Å². The lowest BCUT2D eigenvalue weighted by Crippen LogP contribution is -2.13. The molecular formula is C12H10BrN3O2. The summed E-state index contributed by atoms with van der Waals surface area (Å²) in [4.78, 5) is 10.8. The Bertz CT molecular complexity index is 584. The Hall–Kier alpha value is -1.95. The molecule has 5 nitrogen and oxygen atoms in total. The van der Waals surface area contributed by atoms with Gasteiger partial charge in [0.1, 0.15) is 5.75 Å². The summed E-state index contributed by atoms with van der Waals surface area (Å²) in [5.74, 6) is 0.361. The van der Waals surface area contributed by atoms with E-state index in [1.165, 1.54) is 6.07 Å². The molecule has 0 saturated carbocycles. The minimum atomic E-state index is -0.618. The second-order valence-corrected chi connectivity index (χ2v) is 4.55. The maximum Gasteiger partial charge on any atom is 0.269 e. The van der Waals surface area contributed by atoms with Gasteiger partial charge in [0, 0.05) is 10.5 Å². The molecule has 1 aromatic heterocycles. The maximum atomic E-state index is 10.8. The van der Waals surface area contributed by atoms with Gasteiger partial charge in [0.2, 0.25) is 5.88 Å². The quantitative estimate of drug-likeness (QED) is 0.944. The highest BCUT2D eigenvalue weighted by atomic mass is 79.9. The molecule has 0 fully saturated rings. The van der Waals surface area contributed by atoms with Crippen LogP contribution in [0.4, 0.5) is 0 Å². The number of aromatic nitrogens is 2. The summed E-state index contributed by atoms with van der Waals surface area (Å²) < 4.78 is 6.48. The zero-order valence-electron chi connectivity index (χ0n) is 9.55. The molecule has 2 rings (SSSR count). The number of halogens is 1. The number of amides is 1. The number of nitrogens with two attached hydrogens (primary N) is 1. The largest absolute Gasteiger partial charge is 0.437 e. The average molecular weight is 308 g/mol. The topological polar surface area (TPSA) is 78.1 Å². The average Bonchev–Trinajstić information content (AvgIpc) is 2.34. The molecule has 0 saturated heterocycles. The number of hydrogen-bond acceptors (Lipinski definition) is 4. The number of nitrogens with zero attached hydrogens (tertiary/aromatic N) is 2. The summed E-state index contributed by atoms with van der Waals surface area (Å²) >= 11 is 3.36. The van der Waals surface area contributed by atoms with Gasteiger partial charge in [-0.1, -0.05) is 22.0 Å². The van der Waals surface area contributed by atoms with Gasteiger partial charge in [0.25, 0.3) is 5.91 Å². The van der Waals surface area contributed by atoms with Crippen LogP contribution in [0.3, 0.4) is 0 Å². The van der Waals surface area contributed by atoms with Crippen molar-refractivity contribution in [3.05, 3.63) is 46.1 Å². The first-order chi connectivity index (χ1) is 8.56. The van der Waals surface area contributed by atoms with Crippen LogP contribution in [0.25, 0.3) is 0 Å². The van der Waals surface area contributed by atoms with Crippen molar-refractivity contribution in [2.24, 2.45) is 5.73 Å². The van der Waals surface area contributed by atoms with Crippen LogP contribution in [0, 0.1) is 6.92 Å². The van der Waals surface area contributed by atoms with Gasteiger partial charge in [0.15, 0.2) is 5.69 Å². The summed E-state index contributed by atoms with van der Waals surface area (Å²) in [6.45, 7) is 1.92. The number of primary amides is 1. The molecule has 2 aromatic rings. The van der Waals surface area contributed by atoms with E-state index in [0.29, 0.717) is 11.6 Å². The highest BCUT2D eigenvalue weighted by Gasteiger charge is 2.06. The van der Waals surface area contributed by atoms with E-state index in [1.54, 1.807) is 6.07 Å². The first-order valence-electron chi connectivity index (χ1n) is 5.14. The Kier molecular flexibility index (Phi) is 3.57. The molecule has 0 atom stereocenters. The highest BCUT2D eigenvalue weighted by molar-refractivity contribution is 9.10. The van der Waals surface area contributed by atoms with Crippen molar-refractivity contribution in [2.45, 2.75) is 6.92 Å². The molecule has 0 spiro atoms. The molecule has 1 amide bonds. The SMILES string of the molecule is Cc1ccc(Br)cc1Oc1ccc(C(N)=O)nn1. The molecule has 0 bridgehead atoms. The number of carbonyl (C=O) groups excluding carboxylic acids is 1. The van der Waals surface area contributed by atoms with Crippen LogP contribution < -0.4 is 10.5 Å². The molecule has 0 unspecified atom stereocenters. The number of ether oxygens (including phenoxy) is 1. The summed E-state index contributed by atoms with van der Waals surface area (Å²) in [6, 6.07) is 8.69. The van der Waals surface area contributed by atoms with Gasteiger partial charge in [-0.3, -0.25) is 4.79 Å². The third-order valence-corrected chi connectivity index (χ3v) is 2.75. The lowest BCUT2D eigenvalue weighted by atomic mass is 10.2. The third-order valence-electron chi connectivity index (χ3n) is 2.26. The van der Waals surface area contributed by atoms with Crippen molar-refractivity contribution in [1.82, 2.24) is 10.2 Å². The van der Waals surface area contributed by atoms with Crippen LogP contribution in [-0.2, 0) is 0 Å². The van der Waals surface area contributed by atoms with Gasteiger partial charge in [-0.25, -0.2) is 0 Å². The van der Waals surface area contributed by atoms with E-state index in [1.807, 2.05) is 25.1 Å². The zero-order chi connectivity index (χ0) is 13.1. The Balaban J connectivity index is 2.23. The first kappa shape index (κ1) is 12.5. The molecule has 0 aliphatic rings. The van der Waals surface area contributed by atoms with Crippen molar-refractivity contribution in [1.29, 1.82) is 0 Å². The second kappa shape index (κ2) is 5.14. The van der Waals surface area contributed by atoms with Crippen molar-refractivity contribution in [3.63, 3.8) is 0 Å². The van der Waals surface area contributed by atoms with Crippen LogP contribution in [0.1, 0.15) is 16.1 Å². The van der Waals surface area contributed by atoms with Gasteiger partial charge < -0.3 is 10.5 Å². The number of aryl methyl sites for hydroxylation is 1. The monoisotopic (exact) mass is 307 g/mol. The Morgan fingerprint density at radius 2 is 2.06 bits per heavy atom. The van der Waals surface area contributed by atoms with Crippen LogP contribution in [-0.4, -0.2) is 16.1 Å². The summed E-state index contributed by atoms with van der Waals surface area (Å²) in [6.07, 6.45) is 0. The number of hydrogen-bond donors (Lipinski definition) is 1. The fourth-order valence-electron chi connectivity index (χ4n) is 1.30. The van der Waals surface area contributed by atoms with E-state index in [2.05, 4.69) is 26.1 Å². The summed E-state index contributed by atoms with van der Waals surface area (Å²) in [5, 5.41) is 7.44. The molecule has 92 valence electrons. The van der Waals surface area contributed by atoms with E-state index >= 15 is 0 Å². The van der Waals surface area contributed by atoms with Crippen LogP contribution in [0.5, 0.6) is 11.6 Å². The predicted octanol–water partition coefficient (Wildman–Crippen LogP) is 2.44. The Morgan fingerprint density at radius 1 is 1.28 bits per heavy atom. The van der Waals surface area contributed by atoms with Crippen molar-refractivity contribution >= 4 is 21.8 Å². The maximum absolute atomic E-state index is 10.8. The van der Waals surface area contributed by atoms with Gasteiger partial charge in [-0.05, 0) is 30.7 Å². The molecule has 1 heterocycles. The summed E-state index contributed by atoms with van der Waals surface area (Å²) in [5.41, 5.74) is 6.15. The third kappa shape index (κ3) is 2.84. The predicted molar refractivity (Wildman–Crippen MR) is 69.5 cm³/mol. The van der Waals surface area contributed by atoms with Crippen molar-refractivity contribution in [3.8, 4) is 11.6 Å². The lowest BCUT2D eigenvalue weighted by Gasteiger charge is -2.07. The highest BCUT2D eigenvalue weighted by Crippen LogP contribution is 2.26. The minimum Gasteiger partial charge on any atom is -0.437 e. The lowest BCUT2D eigenvalue weighted by molar-refractivity contribution is 0.0994. The molecule has 2 N–H and O–H groups in total. The standard InChI is InChI=1S/C12H10BrN3O2/c1-7-2-3-8(13)6-10(7)18-11-5-4-9(12(14)17)15-16-11/h2-6H,1H3,(H2,14,17). The van der Waals surface area contributed by atoms with E-state index in [0.717, 1.165) is 10.0 Å². The van der Waals surface area contributed by atoms with Gasteiger partial charge in [0.05, 0.1) is 0 Å². The number of benzene rings is 1. The van der Waals surface area contributed by atoms with Crippen molar-refractivity contribution in [2.75, 3.05) is 0 Å². The molecule has 18 heavy (non-hydrogen) atoms. The van der Waals surface area contributed by atoms with Crippen molar-refractivity contribution < 1.29 is 9.53 Å². The minimum absolute atomic E-state index is 0.105. The van der Waals surface area contributed by atoms with E-state index in [4.69, 9.17) is 10.5 Å². The van der Waals surface area contributed by atoms with Gasteiger partial charge >= 0.3 is 0 Å². The molecule has 0 aliphatic carbocycles. The summed E-state index contributed by atoms with van der Waals surface area (Å²) in [7, 11) is 0. The van der Waals surface area contributed by atoms with Gasteiger partial charge in [-0.2, -0.15) is 0 Å². The van der Waals surface area contributed by atoms with Crippen LogP contribution in [0.15, 0.2) is 34.8 Å². The smallest absolute Gasteiger partial charge is 0.269 e. The van der Waals surface area contributed by atoms with Crippen LogP contribution >= 0.6 is 15.9 Å². The second-order valence-electron chi connectivity index (χ2n) is 3.63. The fourth-order valence-corrected chi connectivity index (χ4v) is 1.64. The number of carbonyl (C=O) groups is 1. The zero-order valence-corrected chi connectivity index (χ0v) is 11.1. The van der Waals surface area contributed by atoms with E-state index in [9.17, 15) is 4.79 Å². The first-order valence-corrected chi connectivity index (χ1v) is 5.93. The molecule has 6 heteroatoms. The molecular weight excluding hydrogens is 298 g/mol. The Labute approximate surface area is 112 Å². The fraction of sp³-hybridized carbons (Fsp3) is 0.0833. The number of rotatable bonds is 3. The Morgan fingerprint density at radius 3 is 2.67 bits per heavy atom. The molecule has 1 aromatic carbocycles. The van der Waals surface area contributed by atoms with E-state index < -0.39 is 5.91 Å². The normalized spacial score (nSPS) is 10.1.